The molecule has 0 saturated carbocycles. The van der Waals surface area contributed by atoms with Gasteiger partial charge in [0.25, 0.3) is 5.69 Å². The fourth-order valence-electron chi connectivity index (χ4n) is 2.17. The fourth-order valence-corrected chi connectivity index (χ4v) is 2.17. The van der Waals surface area contributed by atoms with E-state index >= 15 is 0 Å². The lowest BCUT2D eigenvalue weighted by atomic mass is 10.2. The lowest BCUT2D eigenvalue weighted by Gasteiger charge is -2.37. The van der Waals surface area contributed by atoms with Gasteiger partial charge in [0.2, 0.25) is 0 Å². The van der Waals surface area contributed by atoms with Gasteiger partial charge in [-0.1, -0.05) is 0 Å². The van der Waals surface area contributed by atoms with Crippen LogP contribution in [0.4, 0.5) is 11.5 Å². The van der Waals surface area contributed by atoms with Crippen LogP contribution in [0.3, 0.4) is 0 Å². The Bertz CT molecular complexity index is 506. The molecule has 0 aliphatic carbocycles. The van der Waals surface area contributed by atoms with Crippen LogP contribution in [0.25, 0.3) is 0 Å². The number of piperazine rings is 1. The number of aromatic nitrogens is 1. The first-order valence-corrected chi connectivity index (χ1v) is 6.05. The van der Waals surface area contributed by atoms with E-state index in [0.29, 0.717) is 18.1 Å². The minimum atomic E-state index is -0.440. The Labute approximate surface area is 111 Å². The number of hydrogen-bond donors (Lipinski definition) is 0. The van der Waals surface area contributed by atoms with Crippen molar-refractivity contribution < 1.29 is 9.72 Å². The number of likely N-dealkylation sites (N-methyl/N-ethyl adjacent to an activating group) is 1. The summed E-state index contributed by atoms with van der Waals surface area (Å²) < 4.78 is 0. The van der Waals surface area contributed by atoms with Crippen LogP contribution in [-0.2, 0) is 4.79 Å². The second-order valence-corrected chi connectivity index (χ2v) is 4.66. The number of carbonyl (C=O) groups is 1. The summed E-state index contributed by atoms with van der Waals surface area (Å²) in [5, 5.41) is 10.7. The van der Waals surface area contributed by atoms with Gasteiger partial charge in [-0.05, 0) is 20.0 Å². The number of aryl methyl sites for hydroxylation is 1. The lowest BCUT2D eigenvalue weighted by Crippen LogP contribution is -2.52. The summed E-state index contributed by atoms with van der Waals surface area (Å²) in [5.41, 5.74) is 0.411. The molecule has 1 unspecified atom stereocenters. The minimum Gasteiger partial charge on any atom is -0.353 e. The van der Waals surface area contributed by atoms with Gasteiger partial charge >= 0.3 is 0 Å². The van der Waals surface area contributed by atoms with E-state index in [1.807, 2.05) is 16.8 Å². The molecule has 2 heterocycles. The summed E-state index contributed by atoms with van der Waals surface area (Å²) in [4.78, 5) is 29.5. The smallest absolute Gasteiger partial charge is 0.290 e. The van der Waals surface area contributed by atoms with Crippen molar-refractivity contribution in [2.45, 2.75) is 13.0 Å². The molecule has 0 spiro atoms. The highest BCUT2D eigenvalue weighted by Crippen LogP contribution is 2.22. The Morgan fingerprint density at radius 2 is 2.21 bits per heavy atom. The van der Waals surface area contributed by atoms with Gasteiger partial charge in [0.05, 0.1) is 11.0 Å². The van der Waals surface area contributed by atoms with Crippen LogP contribution in [-0.4, -0.2) is 53.8 Å². The Kier molecular flexibility index (Phi) is 3.75. The molecule has 1 atom stereocenters. The van der Waals surface area contributed by atoms with E-state index < -0.39 is 4.92 Å². The minimum absolute atomic E-state index is 0.0183. The summed E-state index contributed by atoms with van der Waals surface area (Å²) in [6.07, 6.45) is 0.921. The summed E-state index contributed by atoms with van der Waals surface area (Å²) in [6, 6.07) is 2.94. The molecule has 1 fully saturated rings. The number of aldehydes is 1. The van der Waals surface area contributed by atoms with Gasteiger partial charge in [-0.25, -0.2) is 4.98 Å². The molecule has 1 aromatic rings. The molecule has 0 amide bonds. The molecule has 19 heavy (non-hydrogen) atoms. The zero-order valence-corrected chi connectivity index (χ0v) is 10.9. The van der Waals surface area contributed by atoms with Gasteiger partial charge in [0.1, 0.15) is 17.8 Å². The van der Waals surface area contributed by atoms with E-state index in [1.165, 1.54) is 6.07 Å². The van der Waals surface area contributed by atoms with E-state index in [-0.39, 0.29) is 11.7 Å². The fraction of sp³-hybridized carbons (Fsp3) is 0.500. The Morgan fingerprint density at radius 1 is 1.47 bits per heavy atom. The van der Waals surface area contributed by atoms with Gasteiger partial charge in [0.15, 0.2) is 0 Å². The molecule has 7 heteroatoms. The molecule has 0 aromatic carbocycles. The molecule has 1 aliphatic heterocycles. The highest BCUT2D eigenvalue weighted by molar-refractivity contribution is 5.60. The van der Waals surface area contributed by atoms with Gasteiger partial charge in [0, 0.05) is 25.7 Å². The second-order valence-electron chi connectivity index (χ2n) is 4.66. The third-order valence-electron chi connectivity index (χ3n) is 3.42. The van der Waals surface area contributed by atoms with Crippen molar-refractivity contribution in [3.8, 4) is 0 Å². The van der Waals surface area contributed by atoms with Crippen molar-refractivity contribution in [3.63, 3.8) is 0 Å². The maximum Gasteiger partial charge on any atom is 0.290 e. The standard InChI is InChI=1S/C12H16N4O3/c1-9-11(16(18)19)3-4-12(13-9)15-6-5-14(2)10(7-15)8-17/h3-4,8,10H,5-7H2,1-2H3. The van der Waals surface area contributed by atoms with Gasteiger partial charge < -0.3 is 9.69 Å². The number of rotatable bonds is 3. The van der Waals surface area contributed by atoms with Gasteiger partial charge in [-0.2, -0.15) is 0 Å². The maximum atomic E-state index is 11.0. The number of pyridine rings is 1. The van der Waals surface area contributed by atoms with Crippen molar-refractivity contribution in [2.75, 3.05) is 31.6 Å². The van der Waals surface area contributed by atoms with Crippen LogP contribution in [0.2, 0.25) is 0 Å². The van der Waals surface area contributed by atoms with E-state index in [0.717, 1.165) is 19.4 Å². The molecule has 102 valence electrons. The average Bonchev–Trinajstić information content (AvgIpc) is 2.38. The maximum absolute atomic E-state index is 11.0. The van der Waals surface area contributed by atoms with Crippen LogP contribution in [0.1, 0.15) is 5.69 Å². The Hall–Kier alpha value is -2.02. The molecule has 7 nitrogen and oxygen atoms in total. The predicted molar refractivity (Wildman–Crippen MR) is 70.3 cm³/mol. The van der Waals surface area contributed by atoms with E-state index in [4.69, 9.17) is 0 Å². The molecule has 0 radical (unpaired) electrons. The summed E-state index contributed by atoms with van der Waals surface area (Å²) >= 11 is 0. The van der Waals surface area contributed by atoms with E-state index in [9.17, 15) is 14.9 Å². The first kappa shape index (κ1) is 13.4. The number of hydrogen-bond acceptors (Lipinski definition) is 6. The Morgan fingerprint density at radius 3 is 2.79 bits per heavy atom. The second kappa shape index (κ2) is 5.31. The largest absolute Gasteiger partial charge is 0.353 e. The van der Waals surface area contributed by atoms with Crippen LogP contribution in [0.15, 0.2) is 12.1 Å². The number of nitro groups is 1. The summed E-state index contributed by atoms with van der Waals surface area (Å²) in [5.74, 6) is 0.683. The Balaban J connectivity index is 2.21. The summed E-state index contributed by atoms with van der Waals surface area (Å²) in [7, 11) is 1.91. The van der Waals surface area contributed by atoms with Crippen LogP contribution < -0.4 is 4.90 Å². The zero-order valence-electron chi connectivity index (χ0n) is 10.9. The average molecular weight is 264 g/mol. The van der Waals surface area contributed by atoms with Crippen LogP contribution in [0, 0.1) is 17.0 Å². The molecule has 0 bridgehead atoms. The predicted octanol–water partition coefficient (Wildman–Crippen LogP) is 0.618. The van der Waals surface area contributed by atoms with Crippen LogP contribution in [0.5, 0.6) is 0 Å². The third-order valence-corrected chi connectivity index (χ3v) is 3.42. The highest BCUT2D eigenvalue weighted by Gasteiger charge is 2.25. The SMILES string of the molecule is Cc1nc(N2CCN(C)C(C=O)C2)ccc1[N+](=O)[O-]. The normalized spacial score (nSPS) is 20.3. The third kappa shape index (κ3) is 2.70. The molecule has 1 aliphatic rings. The lowest BCUT2D eigenvalue weighted by molar-refractivity contribution is -0.385. The number of carbonyl (C=O) groups excluding carboxylic acids is 1. The van der Waals surface area contributed by atoms with Crippen molar-refractivity contribution >= 4 is 17.8 Å². The highest BCUT2D eigenvalue weighted by atomic mass is 16.6. The van der Waals surface area contributed by atoms with Gasteiger partial charge in [-0.15, -0.1) is 0 Å². The first-order chi connectivity index (χ1) is 9.02. The molecule has 2 rings (SSSR count). The van der Waals surface area contributed by atoms with Crippen LogP contribution >= 0.6 is 0 Å². The molecule has 0 N–H and O–H groups in total. The van der Waals surface area contributed by atoms with E-state index in [2.05, 4.69) is 4.98 Å². The zero-order chi connectivity index (χ0) is 14.0. The van der Waals surface area contributed by atoms with Gasteiger partial charge in [-0.3, -0.25) is 15.0 Å². The summed E-state index contributed by atoms with van der Waals surface area (Å²) in [6.45, 7) is 3.70. The van der Waals surface area contributed by atoms with Crippen molar-refractivity contribution in [1.29, 1.82) is 0 Å². The monoisotopic (exact) mass is 264 g/mol. The van der Waals surface area contributed by atoms with Crippen molar-refractivity contribution in [1.82, 2.24) is 9.88 Å². The first-order valence-electron chi connectivity index (χ1n) is 6.05. The molecule has 1 aromatic heterocycles. The quantitative estimate of drug-likeness (QED) is 0.452. The number of anilines is 1. The van der Waals surface area contributed by atoms with Crippen molar-refractivity contribution in [3.05, 3.63) is 27.9 Å². The molecule has 1 saturated heterocycles. The van der Waals surface area contributed by atoms with Crippen molar-refractivity contribution in [2.24, 2.45) is 0 Å². The molecular formula is C12H16N4O3. The topological polar surface area (TPSA) is 79.6 Å². The molecular weight excluding hydrogens is 248 g/mol. The van der Waals surface area contributed by atoms with E-state index in [1.54, 1.807) is 13.0 Å². The number of nitrogens with zero attached hydrogens (tertiary/aromatic N) is 4.